The van der Waals surface area contributed by atoms with Gasteiger partial charge in [-0.3, -0.25) is 9.97 Å². The Bertz CT molecular complexity index is 778. The zero-order valence-electron chi connectivity index (χ0n) is 11.9. The van der Waals surface area contributed by atoms with E-state index < -0.39 is 0 Å². The SMILES string of the molecule is CN(C)c1ccc(N=Nc2ccc3nccnc3c2)cc1. The molecule has 0 amide bonds. The predicted octanol–water partition coefficient (Wildman–Crippen LogP) is 4.11. The summed E-state index contributed by atoms with van der Waals surface area (Å²) in [5, 5.41) is 8.49. The fraction of sp³-hybridized carbons (Fsp3) is 0.125. The topological polar surface area (TPSA) is 53.7 Å². The van der Waals surface area contributed by atoms with Crippen molar-refractivity contribution in [3.8, 4) is 0 Å². The van der Waals surface area contributed by atoms with Gasteiger partial charge in [-0.1, -0.05) is 0 Å². The number of rotatable bonds is 3. The Morgan fingerprint density at radius 1 is 0.762 bits per heavy atom. The summed E-state index contributed by atoms with van der Waals surface area (Å²) in [4.78, 5) is 10.5. The van der Waals surface area contributed by atoms with E-state index in [1.807, 2.05) is 61.5 Å². The van der Waals surface area contributed by atoms with Crippen molar-refractivity contribution in [3.05, 3.63) is 54.9 Å². The zero-order chi connectivity index (χ0) is 14.7. The Morgan fingerprint density at radius 3 is 2.10 bits per heavy atom. The molecule has 0 spiro atoms. The fourth-order valence-corrected chi connectivity index (χ4v) is 1.95. The molecule has 5 nitrogen and oxygen atoms in total. The van der Waals surface area contributed by atoms with Crippen LogP contribution >= 0.6 is 0 Å². The summed E-state index contributed by atoms with van der Waals surface area (Å²) in [6, 6.07) is 13.6. The molecule has 0 aliphatic carbocycles. The first kappa shape index (κ1) is 13.2. The van der Waals surface area contributed by atoms with Crippen molar-refractivity contribution in [2.45, 2.75) is 0 Å². The van der Waals surface area contributed by atoms with Crippen LogP contribution in [0.1, 0.15) is 0 Å². The van der Waals surface area contributed by atoms with Crippen LogP contribution in [0.3, 0.4) is 0 Å². The molecule has 21 heavy (non-hydrogen) atoms. The number of azo groups is 1. The van der Waals surface area contributed by atoms with Crippen LogP contribution in [-0.4, -0.2) is 24.1 Å². The lowest BCUT2D eigenvalue weighted by Crippen LogP contribution is -2.07. The van der Waals surface area contributed by atoms with Crippen LogP contribution in [-0.2, 0) is 0 Å². The fourth-order valence-electron chi connectivity index (χ4n) is 1.95. The van der Waals surface area contributed by atoms with Crippen molar-refractivity contribution in [2.75, 3.05) is 19.0 Å². The van der Waals surface area contributed by atoms with Gasteiger partial charge in [0.2, 0.25) is 0 Å². The Balaban J connectivity index is 1.83. The van der Waals surface area contributed by atoms with Crippen molar-refractivity contribution in [2.24, 2.45) is 10.2 Å². The normalized spacial score (nSPS) is 11.1. The molecule has 1 aromatic heterocycles. The average molecular weight is 277 g/mol. The maximum absolute atomic E-state index is 4.26. The third-order valence-corrected chi connectivity index (χ3v) is 3.10. The molecule has 2 aromatic carbocycles. The van der Waals surface area contributed by atoms with Crippen molar-refractivity contribution < 1.29 is 0 Å². The summed E-state index contributed by atoms with van der Waals surface area (Å²) in [5.74, 6) is 0. The second-order valence-electron chi connectivity index (χ2n) is 4.84. The zero-order valence-corrected chi connectivity index (χ0v) is 11.9. The van der Waals surface area contributed by atoms with E-state index in [4.69, 9.17) is 0 Å². The molecule has 0 atom stereocenters. The highest BCUT2D eigenvalue weighted by Gasteiger charge is 1.98. The first-order valence-corrected chi connectivity index (χ1v) is 6.62. The summed E-state index contributed by atoms with van der Waals surface area (Å²) >= 11 is 0. The van der Waals surface area contributed by atoms with E-state index in [9.17, 15) is 0 Å². The Morgan fingerprint density at radius 2 is 1.38 bits per heavy atom. The molecule has 0 saturated heterocycles. The number of nitrogens with zero attached hydrogens (tertiary/aromatic N) is 5. The molecule has 0 aliphatic heterocycles. The van der Waals surface area contributed by atoms with Crippen LogP contribution in [0.2, 0.25) is 0 Å². The standard InChI is InChI=1S/C16H15N5/c1-21(2)14-6-3-12(4-7-14)19-20-13-5-8-15-16(11-13)18-10-9-17-15/h3-11H,1-2H3. The summed E-state index contributed by atoms with van der Waals surface area (Å²) < 4.78 is 0. The van der Waals surface area contributed by atoms with Crippen LogP contribution in [0.25, 0.3) is 11.0 Å². The predicted molar refractivity (Wildman–Crippen MR) is 84.5 cm³/mol. The molecular weight excluding hydrogens is 262 g/mol. The molecule has 0 N–H and O–H groups in total. The molecule has 5 heteroatoms. The number of hydrogen-bond acceptors (Lipinski definition) is 5. The maximum atomic E-state index is 4.26. The van der Waals surface area contributed by atoms with Gasteiger partial charge in [-0.2, -0.15) is 10.2 Å². The van der Waals surface area contributed by atoms with Gasteiger partial charge < -0.3 is 4.90 Å². The van der Waals surface area contributed by atoms with Gasteiger partial charge >= 0.3 is 0 Å². The quantitative estimate of drug-likeness (QED) is 0.677. The lowest BCUT2D eigenvalue weighted by molar-refractivity contribution is 1.13. The monoisotopic (exact) mass is 277 g/mol. The molecule has 3 rings (SSSR count). The van der Waals surface area contributed by atoms with Crippen LogP contribution in [0, 0.1) is 0 Å². The highest BCUT2D eigenvalue weighted by molar-refractivity contribution is 5.77. The minimum atomic E-state index is 0.764. The maximum Gasteiger partial charge on any atom is 0.0908 e. The highest BCUT2D eigenvalue weighted by Crippen LogP contribution is 2.22. The largest absolute Gasteiger partial charge is 0.378 e. The summed E-state index contributed by atoms with van der Waals surface area (Å²) in [6.45, 7) is 0. The van der Waals surface area contributed by atoms with Crippen LogP contribution in [0.15, 0.2) is 65.1 Å². The van der Waals surface area contributed by atoms with E-state index in [0.29, 0.717) is 0 Å². The van der Waals surface area contributed by atoms with Crippen LogP contribution in [0.5, 0.6) is 0 Å². The first-order valence-electron chi connectivity index (χ1n) is 6.62. The van der Waals surface area contributed by atoms with Crippen LogP contribution in [0.4, 0.5) is 17.1 Å². The number of benzene rings is 2. The smallest absolute Gasteiger partial charge is 0.0908 e. The first-order chi connectivity index (χ1) is 10.2. The van der Waals surface area contributed by atoms with Crippen LogP contribution < -0.4 is 4.90 Å². The molecule has 0 radical (unpaired) electrons. The van der Waals surface area contributed by atoms with Gasteiger partial charge in [0.15, 0.2) is 0 Å². The average Bonchev–Trinajstić information content (AvgIpc) is 2.53. The molecule has 0 bridgehead atoms. The Kier molecular flexibility index (Phi) is 3.55. The summed E-state index contributed by atoms with van der Waals surface area (Å²) in [5.41, 5.74) is 4.39. The minimum absolute atomic E-state index is 0.764. The molecule has 0 saturated carbocycles. The molecule has 0 fully saturated rings. The molecule has 3 aromatic rings. The molecule has 1 heterocycles. The Hall–Kier alpha value is -2.82. The lowest BCUT2D eigenvalue weighted by atomic mass is 10.2. The summed E-state index contributed by atoms with van der Waals surface area (Å²) in [7, 11) is 4.01. The van der Waals surface area contributed by atoms with Gasteiger partial charge in [0.25, 0.3) is 0 Å². The second-order valence-corrected chi connectivity index (χ2v) is 4.84. The van der Waals surface area contributed by atoms with Crippen molar-refractivity contribution in [3.63, 3.8) is 0 Å². The van der Waals surface area contributed by atoms with E-state index in [0.717, 1.165) is 28.1 Å². The van der Waals surface area contributed by atoms with E-state index in [2.05, 4.69) is 20.2 Å². The number of aromatic nitrogens is 2. The summed E-state index contributed by atoms with van der Waals surface area (Å²) in [6.07, 6.45) is 3.35. The number of hydrogen-bond donors (Lipinski definition) is 0. The van der Waals surface area contributed by atoms with E-state index in [1.54, 1.807) is 12.4 Å². The minimum Gasteiger partial charge on any atom is -0.378 e. The molecular formula is C16H15N5. The number of anilines is 1. The van der Waals surface area contributed by atoms with Gasteiger partial charge in [0, 0.05) is 32.2 Å². The Labute approximate surface area is 123 Å². The van der Waals surface area contributed by atoms with Gasteiger partial charge in [-0.25, -0.2) is 0 Å². The highest BCUT2D eigenvalue weighted by atomic mass is 15.1. The van der Waals surface area contributed by atoms with Crippen molar-refractivity contribution in [1.29, 1.82) is 0 Å². The third-order valence-electron chi connectivity index (χ3n) is 3.10. The molecule has 0 unspecified atom stereocenters. The third kappa shape index (κ3) is 3.02. The van der Waals surface area contributed by atoms with E-state index >= 15 is 0 Å². The molecule has 104 valence electrons. The van der Waals surface area contributed by atoms with Gasteiger partial charge in [-0.15, -0.1) is 0 Å². The lowest BCUT2D eigenvalue weighted by Gasteiger charge is -2.11. The van der Waals surface area contributed by atoms with Gasteiger partial charge in [-0.05, 0) is 42.5 Å². The second kappa shape index (κ2) is 5.66. The van der Waals surface area contributed by atoms with Gasteiger partial charge in [0.1, 0.15) is 0 Å². The van der Waals surface area contributed by atoms with Crippen molar-refractivity contribution >= 4 is 28.1 Å². The van der Waals surface area contributed by atoms with E-state index in [-0.39, 0.29) is 0 Å². The molecule has 0 aliphatic rings. The number of fused-ring (bicyclic) bond motifs is 1. The van der Waals surface area contributed by atoms with Crippen molar-refractivity contribution in [1.82, 2.24) is 9.97 Å². The van der Waals surface area contributed by atoms with E-state index in [1.165, 1.54) is 0 Å². The van der Waals surface area contributed by atoms with Gasteiger partial charge in [0.05, 0.1) is 22.4 Å².